The van der Waals surface area contributed by atoms with Gasteiger partial charge in [-0.3, -0.25) is 4.79 Å². The molecule has 0 radical (unpaired) electrons. The predicted molar refractivity (Wildman–Crippen MR) is 80.0 cm³/mol. The van der Waals surface area contributed by atoms with Crippen LogP contribution in [0.4, 0.5) is 0 Å². The average Bonchev–Trinajstić information content (AvgIpc) is 2.41. The molecule has 0 aromatic rings. The molecule has 3 N–H and O–H groups in total. The van der Waals surface area contributed by atoms with E-state index < -0.39 is 17.5 Å². The van der Waals surface area contributed by atoms with Crippen molar-refractivity contribution in [2.24, 2.45) is 0 Å². The molecule has 0 unspecified atom stereocenters. The summed E-state index contributed by atoms with van der Waals surface area (Å²) in [5.41, 5.74) is 0.0191. The van der Waals surface area contributed by atoms with E-state index in [1.807, 2.05) is 0 Å². The minimum absolute atomic E-state index is 0.184. The Balaban J connectivity index is 4.16. The first kappa shape index (κ1) is 19.2. The zero-order valence-corrected chi connectivity index (χ0v) is 12.3. The van der Waals surface area contributed by atoms with E-state index in [0.717, 1.165) is 6.08 Å². The number of nitrogens with one attached hydrogen (secondary N) is 1. The van der Waals surface area contributed by atoms with E-state index in [9.17, 15) is 14.4 Å². The van der Waals surface area contributed by atoms with Crippen LogP contribution in [0, 0.1) is 0 Å². The van der Waals surface area contributed by atoms with Crippen LogP contribution in [-0.2, 0) is 19.1 Å². The molecule has 7 nitrogen and oxygen atoms in total. The molecule has 0 bridgehead atoms. The summed E-state index contributed by atoms with van der Waals surface area (Å²) in [5, 5.41) is 19.9. The Bertz CT molecular complexity index is 530. The van der Waals surface area contributed by atoms with Crippen molar-refractivity contribution < 1.29 is 29.3 Å². The normalized spacial score (nSPS) is 11.0. The Morgan fingerprint density at radius 1 is 1.18 bits per heavy atom. The second-order valence-electron chi connectivity index (χ2n) is 4.28. The first-order valence-corrected chi connectivity index (χ1v) is 6.35. The van der Waals surface area contributed by atoms with Gasteiger partial charge in [0, 0.05) is 18.2 Å². The van der Waals surface area contributed by atoms with E-state index in [1.54, 1.807) is 6.92 Å². The number of ether oxygens (including phenoxy) is 1. The van der Waals surface area contributed by atoms with Crippen LogP contribution < -0.4 is 5.32 Å². The molecule has 0 saturated carbocycles. The summed E-state index contributed by atoms with van der Waals surface area (Å²) in [4.78, 5) is 32.4. The first-order valence-electron chi connectivity index (χ1n) is 6.35. The maximum Gasteiger partial charge on any atom is 0.335 e. The maximum atomic E-state index is 11.2. The first-order chi connectivity index (χ1) is 10.2. The fraction of sp³-hybridized carbons (Fsp3) is 0.267. The molecule has 0 aliphatic rings. The molecule has 0 fully saturated rings. The lowest BCUT2D eigenvalue weighted by molar-refractivity contribution is -0.134. The number of carboxylic acid groups (broad SMARTS) is 2. The van der Waals surface area contributed by atoms with Gasteiger partial charge in [0.2, 0.25) is 5.91 Å². The standard InChI is InChI=1S/C15H19NO6/c1-10(2)14(19)16-7-4-8-22-11(3)5-6-12(15(20)21)9-13(17)18/h5-6,9H,1,3-4,7-8H2,2H3,(H,16,19)(H,17,18)(H,20,21)/b6-5-,12-9-. The lowest BCUT2D eigenvalue weighted by atomic mass is 10.2. The highest BCUT2D eigenvalue weighted by molar-refractivity contribution is 5.97. The Hall–Kier alpha value is -2.83. The van der Waals surface area contributed by atoms with Gasteiger partial charge in [0.25, 0.3) is 0 Å². The van der Waals surface area contributed by atoms with E-state index in [4.69, 9.17) is 14.9 Å². The van der Waals surface area contributed by atoms with E-state index in [-0.39, 0.29) is 18.3 Å². The Morgan fingerprint density at radius 2 is 1.82 bits per heavy atom. The lowest BCUT2D eigenvalue weighted by Crippen LogP contribution is -2.25. The van der Waals surface area contributed by atoms with Gasteiger partial charge in [-0.1, -0.05) is 13.2 Å². The SMILES string of the molecule is C=C(/C=C\C(=C\C(=O)O)C(=O)O)OCCCNC(=O)C(=C)C. The number of rotatable bonds is 10. The number of carbonyl (C=O) groups is 3. The summed E-state index contributed by atoms with van der Waals surface area (Å²) in [7, 11) is 0. The fourth-order valence-corrected chi connectivity index (χ4v) is 1.17. The second kappa shape index (κ2) is 9.98. The van der Waals surface area contributed by atoms with Crippen molar-refractivity contribution in [3.63, 3.8) is 0 Å². The van der Waals surface area contributed by atoms with Gasteiger partial charge in [-0.25, -0.2) is 9.59 Å². The van der Waals surface area contributed by atoms with Crippen molar-refractivity contribution in [1.82, 2.24) is 5.32 Å². The fourth-order valence-electron chi connectivity index (χ4n) is 1.17. The zero-order chi connectivity index (χ0) is 17.1. The van der Waals surface area contributed by atoms with Gasteiger partial charge in [-0.05, 0) is 25.5 Å². The quantitative estimate of drug-likeness (QED) is 0.242. The highest BCUT2D eigenvalue weighted by atomic mass is 16.5. The summed E-state index contributed by atoms with van der Waals surface area (Å²) in [6, 6.07) is 0. The number of carboxylic acids is 2. The minimum atomic E-state index is -1.37. The van der Waals surface area contributed by atoms with Gasteiger partial charge >= 0.3 is 11.9 Å². The Kier molecular flexibility index (Phi) is 8.69. The number of aliphatic carboxylic acids is 2. The van der Waals surface area contributed by atoms with Crippen molar-refractivity contribution in [2.45, 2.75) is 13.3 Å². The molecule has 0 saturated heterocycles. The molecule has 0 aromatic heterocycles. The third kappa shape index (κ3) is 9.13. The molecule has 0 aromatic carbocycles. The largest absolute Gasteiger partial charge is 0.494 e. The maximum absolute atomic E-state index is 11.2. The smallest absolute Gasteiger partial charge is 0.335 e. The highest BCUT2D eigenvalue weighted by Crippen LogP contribution is 2.03. The van der Waals surface area contributed by atoms with Crippen LogP contribution in [-0.4, -0.2) is 41.2 Å². The summed E-state index contributed by atoms with van der Waals surface area (Å²) in [6.45, 7) is 9.32. The topological polar surface area (TPSA) is 113 Å². The van der Waals surface area contributed by atoms with E-state index in [2.05, 4.69) is 18.5 Å². The van der Waals surface area contributed by atoms with E-state index in [0.29, 0.717) is 24.6 Å². The summed E-state index contributed by atoms with van der Waals surface area (Å²) in [6.07, 6.45) is 3.44. The van der Waals surface area contributed by atoms with Gasteiger partial charge in [0.15, 0.2) is 0 Å². The molecule has 0 rings (SSSR count). The summed E-state index contributed by atoms with van der Waals surface area (Å²) >= 11 is 0. The highest BCUT2D eigenvalue weighted by Gasteiger charge is 2.05. The molecule has 0 heterocycles. The molecule has 120 valence electrons. The van der Waals surface area contributed by atoms with Crippen molar-refractivity contribution in [3.8, 4) is 0 Å². The number of hydrogen-bond acceptors (Lipinski definition) is 4. The van der Waals surface area contributed by atoms with Gasteiger partial charge in [-0.2, -0.15) is 0 Å². The summed E-state index contributed by atoms with van der Waals surface area (Å²) < 4.78 is 5.20. The number of amides is 1. The van der Waals surface area contributed by atoms with Crippen LogP contribution in [0.25, 0.3) is 0 Å². The third-order valence-electron chi connectivity index (χ3n) is 2.26. The van der Waals surface area contributed by atoms with Crippen molar-refractivity contribution in [2.75, 3.05) is 13.2 Å². The molecule has 0 aliphatic carbocycles. The third-order valence-corrected chi connectivity index (χ3v) is 2.26. The van der Waals surface area contributed by atoms with Crippen molar-refractivity contribution in [1.29, 1.82) is 0 Å². The molecule has 7 heteroatoms. The van der Waals surface area contributed by atoms with Gasteiger partial charge < -0.3 is 20.3 Å². The van der Waals surface area contributed by atoms with Gasteiger partial charge in [-0.15, -0.1) is 0 Å². The molecule has 0 atom stereocenters. The Labute approximate surface area is 128 Å². The van der Waals surface area contributed by atoms with Crippen LogP contribution >= 0.6 is 0 Å². The van der Waals surface area contributed by atoms with Crippen molar-refractivity contribution >= 4 is 17.8 Å². The molecular formula is C15H19NO6. The van der Waals surface area contributed by atoms with Crippen LogP contribution in [0.2, 0.25) is 0 Å². The van der Waals surface area contributed by atoms with Crippen LogP contribution in [0.5, 0.6) is 0 Å². The average molecular weight is 309 g/mol. The molecule has 22 heavy (non-hydrogen) atoms. The molecule has 0 aliphatic heterocycles. The number of hydrogen-bond donors (Lipinski definition) is 3. The zero-order valence-electron chi connectivity index (χ0n) is 12.3. The van der Waals surface area contributed by atoms with Gasteiger partial charge in [0.05, 0.1) is 12.2 Å². The summed E-state index contributed by atoms with van der Waals surface area (Å²) in [5.74, 6) is -2.77. The number of carbonyl (C=O) groups excluding carboxylic acids is 1. The van der Waals surface area contributed by atoms with E-state index >= 15 is 0 Å². The minimum Gasteiger partial charge on any atom is -0.494 e. The van der Waals surface area contributed by atoms with Crippen LogP contribution in [0.1, 0.15) is 13.3 Å². The lowest BCUT2D eigenvalue weighted by Gasteiger charge is -2.07. The monoisotopic (exact) mass is 309 g/mol. The van der Waals surface area contributed by atoms with Gasteiger partial charge in [0.1, 0.15) is 5.76 Å². The predicted octanol–water partition coefficient (Wildman–Crippen LogP) is 1.25. The molecule has 0 spiro atoms. The molecule has 1 amide bonds. The Morgan fingerprint density at radius 3 is 2.32 bits per heavy atom. The second-order valence-corrected chi connectivity index (χ2v) is 4.28. The van der Waals surface area contributed by atoms with Crippen LogP contribution in [0.3, 0.4) is 0 Å². The molecular weight excluding hydrogens is 290 g/mol. The van der Waals surface area contributed by atoms with E-state index in [1.165, 1.54) is 6.08 Å². The van der Waals surface area contributed by atoms with Crippen LogP contribution in [0.15, 0.2) is 48.3 Å². The number of allylic oxidation sites excluding steroid dienone is 1. The van der Waals surface area contributed by atoms with Crippen molar-refractivity contribution in [3.05, 3.63) is 48.3 Å².